The summed E-state index contributed by atoms with van der Waals surface area (Å²) >= 11 is 0. The Morgan fingerprint density at radius 3 is 2.62 bits per heavy atom. The first-order valence-electron chi connectivity index (χ1n) is 7.93. The molecule has 3 N–H and O–H groups in total. The topological polar surface area (TPSA) is 64.6 Å². The highest BCUT2D eigenvalue weighted by molar-refractivity contribution is 5.85. The van der Waals surface area contributed by atoms with Gasteiger partial charge in [-0.15, -0.1) is 24.8 Å². The number of aliphatic hydroxyl groups is 1. The molecule has 1 fully saturated rings. The van der Waals surface area contributed by atoms with Gasteiger partial charge in [0.1, 0.15) is 0 Å². The molecule has 2 rings (SSSR count). The number of hydrogen-bond donors (Lipinski definition) is 3. The summed E-state index contributed by atoms with van der Waals surface area (Å²) in [5, 5.41) is 15.4. The maximum absolute atomic E-state index is 12.0. The zero-order valence-corrected chi connectivity index (χ0v) is 16.1. The molecule has 1 aliphatic rings. The van der Waals surface area contributed by atoms with Crippen LogP contribution in [0.4, 0.5) is 0 Å². The van der Waals surface area contributed by atoms with E-state index in [4.69, 9.17) is 0 Å². The number of aliphatic hydroxyl groups excluding tert-OH is 1. The highest BCUT2D eigenvalue weighted by atomic mass is 35.5. The van der Waals surface area contributed by atoms with Gasteiger partial charge >= 0.3 is 0 Å². The van der Waals surface area contributed by atoms with Crippen molar-refractivity contribution in [1.82, 2.24) is 15.5 Å². The molecule has 1 heterocycles. The van der Waals surface area contributed by atoms with Gasteiger partial charge < -0.3 is 15.7 Å². The Bertz CT molecular complexity index is 514. The van der Waals surface area contributed by atoms with E-state index in [-0.39, 0.29) is 36.8 Å². The molecule has 0 radical (unpaired) electrons. The van der Waals surface area contributed by atoms with Crippen molar-refractivity contribution in [3.8, 4) is 0 Å². The minimum Gasteiger partial charge on any atom is -0.392 e. The first-order chi connectivity index (χ1) is 10.5. The number of carbonyl (C=O) groups excluding carboxylic acids is 1. The van der Waals surface area contributed by atoms with Crippen LogP contribution in [0.15, 0.2) is 24.3 Å². The minimum atomic E-state index is -0.411. The van der Waals surface area contributed by atoms with Crippen LogP contribution in [0, 0.1) is 0 Å². The van der Waals surface area contributed by atoms with Gasteiger partial charge in [0.15, 0.2) is 0 Å². The lowest BCUT2D eigenvalue weighted by molar-refractivity contribution is -0.123. The summed E-state index contributed by atoms with van der Waals surface area (Å²) in [6.07, 6.45) is 0.0797. The van der Waals surface area contributed by atoms with Gasteiger partial charge in [-0.05, 0) is 38.4 Å². The minimum absolute atomic E-state index is 0. The number of β-amino-alcohol motifs (C(OH)–C–C–N with tert-alkyl or cyclic N) is 1. The molecular formula is C17H29Cl2N3O2. The highest BCUT2D eigenvalue weighted by Crippen LogP contribution is 2.10. The van der Waals surface area contributed by atoms with Crippen molar-refractivity contribution >= 4 is 30.7 Å². The van der Waals surface area contributed by atoms with Crippen LogP contribution in [0.5, 0.6) is 0 Å². The average Bonchev–Trinajstić information content (AvgIpc) is 2.91. The molecule has 0 aliphatic carbocycles. The van der Waals surface area contributed by atoms with Gasteiger partial charge in [-0.1, -0.05) is 24.3 Å². The number of carbonyl (C=O) groups is 1. The Labute approximate surface area is 157 Å². The maximum atomic E-state index is 12.0. The van der Waals surface area contributed by atoms with Crippen LogP contribution in [-0.4, -0.2) is 47.7 Å². The summed E-state index contributed by atoms with van der Waals surface area (Å²) in [7, 11) is 2.11. The lowest BCUT2D eigenvalue weighted by Crippen LogP contribution is -2.40. The van der Waals surface area contributed by atoms with Crippen molar-refractivity contribution in [2.45, 2.75) is 51.5 Å². The number of hydrogen-bond acceptors (Lipinski definition) is 4. The van der Waals surface area contributed by atoms with E-state index in [0.29, 0.717) is 25.6 Å². The van der Waals surface area contributed by atoms with Crippen LogP contribution in [-0.2, 0) is 17.9 Å². The number of nitrogens with one attached hydrogen (secondary N) is 2. The summed E-state index contributed by atoms with van der Waals surface area (Å²) in [6, 6.07) is 8.53. The van der Waals surface area contributed by atoms with Gasteiger partial charge in [0.05, 0.1) is 12.1 Å². The molecule has 1 amide bonds. The quantitative estimate of drug-likeness (QED) is 0.705. The van der Waals surface area contributed by atoms with Gasteiger partial charge in [0.2, 0.25) is 5.91 Å². The van der Waals surface area contributed by atoms with E-state index in [1.807, 2.05) is 12.1 Å². The van der Waals surface area contributed by atoms with Gasteiger partial charge in [-0.25, -0.2) is 0 Å². The van der Waals surface area contributed by atoms with E-state index in [9.17, 15) is 9.90 Å². The van der Waals surface area contributed by atoms with Crippen molar-refractivity contribution in [3.63, 3.8) is 0 Å². The van der Waals surface area contributed by atoms with Crippen LogP contribution in [0.1, 0.15) is 31.4 Å². The van der Waals surface area contributed by atoms with Crippen molar-refractivity contribution in [2.24, 2.45) is 0 Å². The van der Waals surface area contributed by atoms with Crippen LogP contribution in [0.2, 0.25) is 0 Å². The Hall–Kier alpha value is -0.850. The third-order valence-electron chi connectivity index (χ3n) is 4.20. The first kappa shape index (κ1) is 23.1. The maximum Gasteiger partial charge on any atom is 0.237 e. The lowest BCUT2D eigenvalue weighted by atomic mass is 10.1. The predicted molar refractivity (Wildman–Crippen MR) is 102 cm³/mol. The fourth-order valence-electron chi connectivity index (χ4n) is 2.54. The first-order valence-corrected chi connectivity index (χ1v) is 7.93. The molecule has 1 saturated heterocycles. The molecule has 2 atom stereocenters. The molecule has 7 heteroatoms. The predicted octanol–water partition coefficient (Wildman–Crippen LogP) is 1.71. The zero-order chi connectivity index (χ0) is 16.1. The van der Waals surface area contributed by atoms with Crippen molar-refractivity contribution in [1.29, 1.82) is 0 Å². The van der Waals surface area contributed by atoms with Crippen molar-refractivity contribution in [2.75, 3.05) is 13.6 Å². The van der Waals surface area contributed by atoms with E-state index < -0.39 is 6.10 Å². The molecule has 0 aromatic heterocycles. The zero-order valence-electron chi connectivity index (χ0n) is 14.5. The third-order valence-corrected chi connectivity index (χ3v) is 4.20. The van der Waals surface area contributed by atoms with Crippen LogP contribution >= 0.6 is 24.8 Å². The molecule has 1 aromatic rings. The number of halogens is 2. The van der Waals surface area contributed by atoms with E-state index in [1.165, 1.54) is 5.56 Å². The van der Waals surface area contributed by atoms with Crippen molar-refractivity contribution < 1.29 is 9.90 Å². The summed E-state index contributed by atoms with van der Waals surface area (Å²) in [4.78, 5) is 14.3. The van der Waals surface area contributed by atoms with E-state index in [2.05, 4.69) is 48.6 Å². The normalized spacial score (nSPS) is 19.8. The Morgan fingerprint density at radius 2 is 2.04 bits per heavy atom. The molecule has 0 spiro atoms. The highest BCUT2D eigenvalue weighted by Gasteiger charge is 2.27. The number of amides is 1. The second kappa shape index (κ2) is 10.9. The smallest absolute Gasteiger partial charge is 0.237 e. The lowest BCUT2D eigenvalue weighted by Gasteiger charge is -2.21. The molecule has 0 bridgehead atoms. The Balaban J connectivity index is 0.00000264. The number of nitrogens with zero attached hydrogens (tertiary/aromatic N) is 1. The second-order valence-electron chi connectivity index (χ2n) is 6.40. The van der Waals surface area contributed by atoms with Gasteiger partial charge in [0, 0.05) is 25.7 Å². The van der Waals surface area contributed by atoms with Crippen molar-refractivity contribution in [3.05, 3.63) is 35.4 Å². The van der Waals surface area contributed by atoms with E-state index in [0.717, 1.165) is 12.1 Å². The molecule has 1 aromatic carbocycles. The Kier molecular flexibility index (Phi) is 10.5. The molecule has 138 valence electrons. The molecule has 5 nitrogen and oxygen atoms in total. The van der Waals surface area contributed by atoms with Crippen LogP contribution in [0.3, 0.4) is 0 Å². The van der Waals surface area contributed by atoms with E-state index >= 15 is 0 Å². The van der Waals surface area contributed by atoms with E-state index in [1.54, 1.807) is 0 Å². The molecular weight excluding hydrogens is 349 g/mol. The van der Waals surface area contributed by atoms with Crippen LogP contribution in [0.25, 0.3) is 0 Å². The molecule has 1 aliphatic heterocycles. The average molecular weight is 378 g/mol. The van der Waals surface area contributed by atoms with Gasteiger partial charge in [0.25, 0.3) is 0 Å². The SMILES string of the molecule is CC(C)N(C)Cc1cccc(CNC(=O)C2CC(O)CN2)c1.Cl.Cl. The summed E-state index contributed by atoms with van der Waals surface area (Å²) in [6.45, 7) is 6.26. The van der Waals surface area contributed by atoms with Crippen LogP contribution < -0.4 is 10.6 Å². The van der Waals surface area contributed by atoms with Gasteiger partial charge in [-0.2, -0.15) is 0 Å². The summed E-state index contributed by atoms with van der Waals surface area (Å²) < 4.78 is 0. The standard InChI is InChI=1S/C17H27N3O2.2ClH/c1-12(2)20(3)11-14-6-4-5-13(7-14)9-19-17(22)16-8-15(21)10-18-16;;/h4-7,12,15-16,18,21H,8-11H2,1-3H3,(H,19,22);2*1H. The third kappa shape index (κ3) is 6.95. The monoisotopic (exact) mass is 377 g/mol. The fraction of sp³-hybridized carbons (Fsp3) is 0.588. The molecule has 2 unspecified atom stereocenters. The number of benzene rings is 1. The summed E-state index contributed by atoms with van der Waals surface area (Å²) in [5.74, 6) is -0.0405. The van der Waals surface area contributed by atoms with Gasteiger partial charge in [-0.3, -0.25) is 9.69 Å². The molecule has 0 saturated carbocycles. The molecule has 24 heavy (non-hydrogen) atoms. The Morgan fingerprint density at radius 1 is 1.38 bits per heavy atom. The fourth-order valence-corrected chi connectivity index (χ4v) is 2.54. The summed E-state index contributed by atoms with van der Waals surface area (Å²) in [5.41, 5.74) is 2.35. The second-order valence-corrected chi connectivity index (χ2v) is 6.40. The largest absolute Gasteiger partial charge is 0.392 e. The number of rotatable bonds is 6.